The van der Waals surface area contributed by atoms with Crippen LogP contribution in [0.25, 0.3) is 0 Å². The summed E-state index contributed by atoms with van der Waals surface area (Å²) in [5.41, 5.74) is -0.0753. The highest BCUT2D eigenvalue weighted by molar-refractivity contribution is 5.95. The van der Waals surface area contributed by atoms with Gasteiger partial charge in [-0.3, -0.25) is 0 Å². The summed E-state index contributed by atoms with van der Waals surface area (Å²) >= 11 is 0. The number of hydrogen-bond acceptors (Lipinski definition) is 9. The molecule has 0 aliphatic heterocycles. The number of rotatable bonds is 20. The molecule has 6 N–H and O–H groups in total. The molecule has 0 rings (SSSR count). The first-order chi connectivity index (χ1) is 17.6. The van der Waals surface area contributed by atoms with Gasteiger partial charge in [0.15, 0.2) is 0 Å². The molecule has 0 aliphatic carbocycles. The van der Waals surface area contributed by atoms with Crippen LogP contribution >= 0.6 is 0 Å². The van der Waals surface area contributed by atoms with Crippen molar-refractivity contribution in [2.24, 2.45) is 0 Å². The van der Waals surface area contributed by atoms with Crippen LogP contribution in [0.5, 0.6) is 0 Å². The van der Waals surface area contributed by atoms with Crippen molar-refractivity contribution in [3.8, 4) is 0 Å². The van der Waals surface area contributed by atoms with Crippen molar-refractivity contribution in [3.63, 3.8) is 0 Å². The van der Waals surface area contributed by atoms with Gasteiger partial charge in [-0.1, -0.05) is 26.7 Å². The van der Waals surface area contributed by atoms with Crippen molar-refractivity contribution < 1.29 is 64.0 Å². The Balaban J connectivity index is -0.000000469. The highest BCUT2D eigenvalue weighted by Crippen LogP contribution is 2.07. The first-order valence-corrected chi connectivity index (χ1v) is 11.9. The molecule has 0 bridgehead atoms. The number of aliphatic hydroxyl groups excluding tert-OH is 2. The molecule has 13 nitrogen and oxygen atoms in total. The molecule has 0 aromatic heterocycles. The second-order valence-electron chi connectivity index (χ2n) is 7.12. The van der Waals surface area contributed by atoms with E-state index in [1.165, 1.54) is 0 Å². The van der Waals surface area contributed by atoms with Crippen molar-refractivity contribution in [1.29, 1.82) is 0 Å². The number of unbranched alkanes of at least 4 members (excludes halogenated alkanes) is 2. The number of aliphatic carboxylic acids is 4. The van der Waals surface area contributed by atoms with Gasteiger partial charge in [0.1, 0.15) is 0 Å². The number of carbonyl (C=O) groups is 4. The number of aliphatic hydroxyl groups is 2. The quantitative estimate of drug-likeness (QED) is 0.0959. The Hall–Kier alpha value is -2.84. The van der Waals surface area contributed by atoms with Gasteiger partial charge in [0.2, 0.25) is 0 Å². The zero-order valence-electron chi connectivity index (χ0n) is 21.6. The van der Waals surface area contributed by atoms with Gasteiger partial charge in [0, 0.05) is 23.3 Å². The third-order valence-electron chi connectivity index (χ3n) is 3.96. The monoisotopic (exact) mass is 538 g/mol. The molecule has 0 saturated carbocycles. The van der Waals surface area contributed by atoms with E-state index in [9.17, 15) is 19.2 Å². The third kappa shape index (κ3) is 33.2. The van der Waals surface area contributed by atoms with Crippen molar-refractivity contribution in [3.05, 3.63) is 23.3 Å². The fourth-order valence-electron chi connectivity index (χ4n) is 2.19. The smallest absolute Gasteiger partial charge is 0.331 e. The predicted molar refractivity (Wildman–Crippen MR) is 132 cm³/mol. The van der Waals surface area contributed by atoms with E-state index in [0.29, 0.717) is 65.3 Å². The number of hydrogen-bond donors (Lipinski definition) is 6. The molecule has 13 heteroatoms. The van der Waals surface area contributed by atoms with Crippen LogP contribution in [0.4, 0.5) is 0 Å². The minimum atomic E-state index is -1.21. The fourth-order valence-corrected chi connectivity index (χ4v) is 2.19. The van der Waals surface area contributed by atoms with Gasteiger partial charge in [0.05, 0.1) is 52.9 Å². The van der Waals surface area contributed by atoms with Crippen LogP contribution in [0.15, 0.2) is 23.3 Å². The first kappa shape index (κ1) is 38.7. The van der Waals surface area contributed by atoms with Gasteiger partial charge in [-0.25, -0.2) is 19.2 Å². The lowest BCUT2D eigenvalue weighted by Crippen LogP contribution is -2.11. The number of carboxylic acid groups (broad SMARTS) is 4. The molecular formula is C24H42O13. The molecule has 0 aromatic rings. The molecule has 0 fully saturated rings. The van der Waals surface area contributed by atoms with Crippen molar-refractivity contribution >= 4 is 23.9 Å². The van der Waals surface area contributed by atoms with Crippen LogP contribution in [0.2, 0.25) is 0 Å². The SMILES string of the molecule is CCCC/C(=C/C(=O)O)C(=O)O.CCCC/C(=C/C(=O)O)C(=O)O.OCCOCCOCCOCCO. The van der Waals surface area contributed by atoms with Gasteiger partial charge in [-0.15, -0.1) is 0 Å². The summed E-state index contributed by atoms with van der Waals surface area (Å²) < 4.78 is 15.0. The molecule has 0 unspecified atom stereocenters. The summed E-state index contributed by atoms with van der Waals surface area (Å²) in [6, 6.07) is 0. The van der Waals surface area contributed by atoms with E-state index in [1.807, 2.05) is 13.8 Å². The summed E-state index contributed by atoms with van der Waals surface area (Å²) in [7, 11) is 0. The maximum atomic E-state index is 10.4. The van der Waals surface area contributed by atoms with Crippen molar-refractivity contribution in [1.82, 2.24) is 0 Å². The van der Waals surface area contributed by atoms with Crippen LogP contribution in [0.3, 0.4) is 0 Å². The molecule has 37 heavy (non-hydrogen) atoms. The predicted octanol–water partition coefficient (Wildman–Crippen LogP) is 1.57. The van der Waals surface area contributed by atoms with E-state index >= 15 is 0 Å². The maximum Gasteiger partial charge on any atom is 0.331 e. The summed E-state index contributed by atoms with van der Waals surface area (Å²) in [4.78, 5) is 41.1. The number of carboxylic acids is 4. The first-order valence-electron chi connectivity index (χ1n) is 11.9. The van der Waals surface area contributed by atoms with Crippen LogP contribution in [0, 0.1) is 0 Å². The topological polar surface area (TPSA) is 217 Å². The largest absolute Gasteiger partial charge is 0.478 e. The van der Waals surface area contributed by atoms with Crippen LogP contribution in [-0.4, -0.2) is 107 Å². The van der Waals surface area contributed by atoms with E-state index < -0.39 is 23.9 Å². The molecule has 0 atom stereocenters. The Morgan fingerprint density at radius 3 is 1.08 bits per heavy atom. The van der Waals surface area contributed by atoms with Gasteiger partial charge < -0.3 is 44.8 Å². The van der Waals surface area contributed by atoms with E-state index in [4.69, 9.17) is 44.8 Å². The highest BCUT2D eigenvalue weighted by atomic mass is 16.5. The van der Waals surface area contributed by atoms with Crippen molar-refractivity contribution in [2.45, 2.75) is 52.4 Å². The number of ether oxygens (including phenoxy) is 3. The molecule has 0 aliphatic rings. The van der Waals surface area contributed by atoms with E-state index in [1.54, 1.807) is 0 Å². The molecule has 0 saturated heterocycles. The minimum absolute atomic E-state index is 0.0376. The Morgan fingerprint density at radius 2 is 0.865 bits per heavy atom. The molecule has 0 amide bonds. The lowest BCUT2D eigenvalue weighted by molar-refractivity contribution is -0.135. The molecule has 0 heterocycles. The standard InChI is InChI=1S/C8H18O5.2C8H12O4/c9-1-3-11-5-7-13-8-6-12-4-2-10;2*1-2-3-4-6(8(11)12)5-7(9)10/h9-10H,1-8H2;2*5H,2-4H2,1H3,(H,9,10)(H,11,12)/b;2*6-5-. The Kier molecular flexibility index (Phi) is 30.7. The van der Waals surface area contributed by atoms with Crippen LogP contribution in [-0.2, 0) is 33.4 Å². The van der Waals surface area contributed by atoms with Gasteiger partial charge in [-0.2, -0.15) is 0 Å². The molecule has 216 valence electrons. The summed E-state index contributed by atoms with van der Waals surface area (Å²) in [5.74, 6) is -4.70. The van der Waals surface area contributed by atoms with Crippen LogP contribution < -0.4 is 0 Å². The van der Waals surface area contributed by atoms with E-state index in [-0.39, 0.29) is 24.4 Å². The Bertz CT molecular complexity index is 616. The zero-order chi connectivity index (χ0) is 28.9. The van der Waals surface area contributed by atoms with Gasteiger partial charge >= 0.3 is 23.9 Å². The molecule has 0 aromatic carbocycles. The lowest BCUT2D eigenvalue weighted by atomic mass is 10.1. The van der Waals surface area contributed by atoms with Crippen LogP contribution in [0.1, 0.15) is 52.4 Å². The highest BCUT2D eigenvalue weighted by Gasteiger charge is 2.08. The Labute approximate surface area is 217 Å². The second-order valence-corrected chi connectivity index (χ2v) is 7.12. The van der Waals surface area contributed by atoms with E-state index in [0.717, 1.165) is 25.0 Å². The third-order valence-corrected chi connectivity index (χ3v) is 3.96. The van der Waals surface area contributed by atoms with E-state index in [2.05, 4.69) is 0 Å². The average molecular weight is 539 g/mol. The van der Waals surface area contributed by atoms with Gasteiger partial charge in [0.25, 0.3) is 0 Å². The second kappa shape index (κ2) is 29.4. The Morgan fingerprint density at radius 1 is 0.568 bits per heavy atom. The fraction of sp³-hybridized carbons (Fsp3) is 0.667. The zero-order valence-corrected chi connectivity index (χ0v) is 21.6. The molecular weight excluding hydrogens is 496 g/mol. The maximum absolute atomic E-state index is 10.4. The molecule has 0 spiro atoms. The average Bonchev–Trinajstić information content (AvgIpc) is 2.83. The normalized spacial score (nSPS) is 11.0. The van der Waals surface area contributed by atoms with Crippen molar-refractivity contribution in [2.75, 3.05) is 52.9 Å². The summed E-state index contributed by atoms with van der Waals surface area (Å²) in [6.45, 7) is 6.60. The lowest BCUT2D eigenvalue weighted by Gasteiger charge is -2.04. The summed E-state index contributed by atoms with van der Waals surface area (Å²) in [6.07, 6.45) is 5.23. The minimum Gasteiger partial charge on any atom is -0.478 e. The van der Waals surface area contributed by atoms with Gasteiger partial charge in [-0.05, 0) is 25.7 Å². The summed E-state index contributed by atoms with van der Waals surface area (Å²) in [5, 5.41) is 50.3. The molecule has 0 radical (unpaired) electrons.